The smallest absolute Gasteiger partial charge is 0.242 e. The van der Waals surface area contributed by atoms with Crippen molar-refractivity contribution in [2.45, 2.75) is 24.3 Å². The average Bonchev–Trinajstić information content (AvgIpc) is 3.14. The van der Waals surface area contributed by atoms with Gasteiger partial charge in [-0.25, -0.2) is 4.98 Å². The Kier molecular flexibility index (Phi) is 5.68. The molecule has 2 N–H and O–H groups in total. The van der Waals surface area contributed by atoms with Gasteiger partial charge in [-0.05, 0) is 49.2 Å². The minimum atomic E-state index is -0.506. The lowest BCUT2D eigenvalue weighted by molar-refractivity contribution is -0.115. The molecule has 5 nitrogen and oxygen atoms in total. The molecule has 0 saturated carbocycles. The second-order valence-corrected chi connectivity index (χ2v) is 8.19. The number of anilines is 1. The summed E-state index contributed by atoms with van der Waals surface area (Å²) in [5.74, 6) is -0.221. The molecule has 1 atom stereocenters. The highest BCUT2D eigenvalue weighted by molar-refractivity contribution is 8.00. The Morgan fingerprint density at radius 3 is 2.57 bits per heavy atom. The van der Waals surface area contributed by atoms with Crippen LogP contribution in [-0.4, -0.2) is 21.7 Å². The number of H-pyrrole nitrogens is 1. The van der Waals surface area contributed by atoms with Crippen molar-refractivity contribution < 1.29 is 9.59 Å². The van der Waals surface area contributed by atoms with Gasteiger partial charge in [0.25, 0.3) is 0 Å². The van der Waals surface area contributed by atoms with E-state index in [1.165, 1.54) is 18.7 Å². The number of carbonyl (C=O) groups is 2. The van der Waals surface area contributed by atoms with Gasteiger partial charge in [0, 0.05) is 11.3 Å². The predicted molar refractivity (Wildman–Crippen MR) is 121 cm³/mol. The Hall–Kier alpha value is -3.38. The molecular formula is C24H21N3O2S. The minimum absolute atomic E-state index is 0.0438. The van der Waals surface area contributed by atoms with Crippen LogP contribution in [0, 0.1) is 6.92 Å². The molecule has 0 saturated heterocycles. The maximum atomic E-state index is 13.2. The van der Waals surface area contributed by atoms with Gasteiger partial charge in [0.2, 0.25) is 5.91 Å². The number of aromatic amines is 1. The van der Waals surface area contributed by atoms with Crippen LogP contribution in [-0.2, 0) is 4.79 Å². The molecule has 3 aromatic carbocycles. The molecule has 1 amide bonds. The molecule has 0 radical (unpaired) electrons. The van der Waals surface area contributed by atoms with Crippen LogP contribution in [0.1, 0.15) is 33.7 Å². The van der Waals surface area contributed by atoms with Gasteiger partial charge >= 0.3 is 0 Å². The molecule has 30 heavy (non-hydrogen) atoms. The molecule has 0 aliphatic carbocycles. The third-order valence-electron chi connectivity index (χ3n) is 4.72. The normalized spacial score (nSPS) is 11.9. The third-order valence-corrected chi connectivity index (χ3v) is 5.86. The molecule has 0 fully saturated rings. The first-order chi connectivity index (χ1) is 14.5. The summed E-state index contributed by atoms with van der Waals surface area (Å²) in [5, 5.41) is 3.12. The molecule has 6 heteroatoms. The first-order valence-electron chi connectivity index (χ1n) is 9.59. The number of aromatic nitrogens is 2. The monoisotopic (exact) mass is 415 g/mol. The van der Waals surface area contributed by atoms with Crippen molar-refractivity contribution >= 4 is 40.2 Å². The lowest BCUT2D eigenvalue weighted by Crippen LogP contribution is -2.19. The Labute approximate surface area is 178 Å². The summed E-state index contributed by atoms with van der Waals surface area (Å²) >= 11 is 1.37. The standard InChI is InChI=1S/C24H21N3O2S/c1-15-11-12-20-21(13-15)27-24(26-20)30-22(17-7-4-3-5-8-17)23(29)25-19-10-6-9-18(14-19)16(2)28/h3-14,22H,1-2H3,(H,25,29)(H,26,27). The van der Waals surface area contributed by atoms with E-state index in [4.69, 9.17) is 0 Å². The van der Waals surface area contributed by atoms with Gasteiger partial charge < -0.3 is 10.3 Å². The van der Waals surface area contributed by atoms with Gasteiger partial charge in [0.15, 0.2) is 10.9 Å². The summed E-state index contributed by atoms with van der Waals surface area (Å²) in [6, 6.07) is 22.6. The number of hydrogen-bond acceptors (Lipinski definition) is 4. The van der Waals surface area contributed by atoms with E-state index in [9.17, 15) is 9.59 Å². The predicted octanol–water partition coefficient (Wildman–Crippen LogP) is 5.55. The van der Waals surface area contributed by atoms with Crippen molar-refractivity contribution in [3.8, 4) is 0 Å². The van der Waals surface area contributed by atoms with E-state index >= 15 is 0 Å². The van der Waals surface area contributed by atoms with Crippen molar-refractivity contribution in [2.75, 3.05) is 5.32 Å². The number of hydrogen-bond donors (Lipinski definition) is 2. The van der Waals surface area contributed by atoms with E-state index in [0.29, 0.717) is 16.4 Å². The summed E-state index contributed by atoms with van der Waals surface area (Å²) in [7, 11) is 0. The fourth-order valence-electron chi connectivity index (χ4n) is 3.19. The van der Waals surface area contributed by atoms with Crippen LogP contribution in [0.25, 0.3) is 11.0 Å². The van der Waals surface area contributed by atoms with Crippen LogP contribution in [0.2, 0.25) is 0 Å². The Morgan fingerprint density at radius 1 is 1.00 bits per heavy atom. The number of ketones is 1. The highest BCUT2D eigenvalue weighted by Gasteiger charge is 2.24. The summed E-state index contributed by atoms with van der Waals surface area (Å²) in [6.07, 6.45) is 0. The number of carbonyl (C=O) groups excluding carboxylic acids is 2. The number of nitrogens with zero attached hydrogens (tertiary/aromatic N) is 1. The van der Waals surface area contributed by atoms with Crippen molar-refractivity contribution in [3.63, 3.8) is 0 Å². The second kappa shape index (κ2) is 8.55. The number of imidazole rings is 1. The summed E-state index contributed by atoms with van der Waals surface area (Å²) in [5.41, 5.74) is 4.98. The molecule has 0 spiro atoms. The second-order valence-electron chi connectivity index (χ2n) is 7.10. The molecule has 0 aliphatic rings. The number of amides is 1. The van der Waals surface area contributed by atoms with Crippen LogP contribution < -0.4 is 5.32 Å². The van der Waals surface area contributed by atoms with Gasteiger partial charge in [-0.15, -0.1) is 0 Å². The summed E-state index contributed by atoms with van der Waals surface area (Å²) in [6.45, 7) is 3.54. The number of fused-ring (bicyclic) bond motifs is 1. The molecule has 0 bridgehead atoms. The van der Waals surface area contributed by atoms with Crippen molar-refractivity contribution in [1.82, 2.24) is 9.97 Å². The van der Waals surface area contributed by atoms with Gasteiger partial charge in [-0.1, -0.05) is 60.3 Å². The van der Waals surface area contributed by atoms with E-state index in [1.54, 1.807) is 24.3 Å². The maximum absolute atomic E-state index is 13.2. The van der Waals surface area contributed by atoms with Crippen molar-refractivity contribution in [2.24, 2.45) is 0 Å². The first kappa shape index (κ1) is 19.9. The van der Waals surface area contributed by atoms with Crippen molar-refractivity contribution in [3.05, 3.63) is 89.5 Å². The Balaban J connectivity index is 1.63. The molecule has 1 aromatic heterocycles. The largest absolute Gasteiger partial charge is 0.333 e. The molecule has 4 aromatic rings. The molecule has 1 unspecified atom stereocenters. The number of nitrogens with one attached hydrogen (secondary N) is 2. The number of rotatable bonds is 6. The number of thioether (sulfide) groups is 1. The third kappa shape index (κ3) is 4.44. The highest BCUT2D eigenvalue weighted by Crippen LogP contribution is 2.35. The number of benzene rings is 3. The average molecular weight is 416 g/mol. The van der Waals surface area contributed by atoms with E-state index < -0.39 is 5.25 Å². The van der Waals surface area contributed by atoms with Crippen LogP contribution in [0.5, 0.6) is 0 Å². The number of Topliss-reactive ketones (excluding diaryl/α,β-unsaturated/α-hetero) is 1. The topological polar surface area (TPSA) is 74.8 Å². The van der Waals surface area contributed by atoms with Crippen LogP contribution in [0.3, 0.4) is 0 Å². The van der Waals surface area contributed by atoms with Crippen LogP contribution in [0.15, 0.2) is 78.0 Å². The van der Waals surface area contributed by atoms with Crippen LogP contribution in [0.4, 0.5) is 5.69 Å². The number of aryl methyl sites for hydroxylation is 1. The fourth-order valence-corrected chi connectivity index (χ4v) is 4.19. The van der Waals surface area contributed by atoms with E-state index in [1.807, 2.05) is 55.5 Å². The zero-order valence-corrected chi connectivity index (χ0v) is 17.5. The molecular weight excluding hydrogens is 394 g/mol. The Bertz CT molecular complexity index is 1220. The Morgan fingerprint density at radius 2 is 1.80 bits per heavy atom. The van der Waals surface area contributed by atoms with E-state index in [-0.39, 0.29) is 11.7 Å². The minimum Gasteiger partial charge on any atom is -0.333 e. The van der Waals surface area contributed by atoms with Crippen LogP contribution >= 0.6 is 11.8 Å². The molecule has 150 valence electrons. The molecule has 4 rings (SSSR count). The molecule has 1 heterocycles. The van der Waals surface area contributed by atoms with Gasteiger partial charge in [-0.3, -0.25) is 9.59 Å². The van der Waals surface area contributed by atoms with Crippen molar-refractivity contribution in [1.29, 1.82) is 0 Å². The lowest BCUT2D eigenvalue weighted by atomic mass is 10.1. The summed E-state index contributed by atoms with van der Waals surface area (Å²) < 4.78 is 0. The fraction of sp³-hybridized carbons (Fsp3) is 0.125. The highest BCUT2D eigenvalue weighted by atomic mass is 32.2. The zero-order chi connectivity index (χ0) is 21.1. The molecule has 0 aliphatic heterocycles. The van der Waals surface area contributed by atoms with Gasteiger partial charge in [0.1, 0.15) is 5.25 Å². The zero-order valence-electron chi connectivity index (χ0n) is 16.7. The quantitative estimate of drug-likeness (QED) is 0.320. The van der Waals surface area contributed by atoms with E-state index in [0.717, 1.165) is 22.2 Å². The van der Waals surface area contributed by atoms with Gasteiger partial charge in [0.05, 0.1) is 11.0 Å². The summed E-state index contributed by atoms with van der Waals surface area (Å²) in [4.78, 5) is 32.8. The maximum Gasteiger partial charge on any atom is 0.242 e. The lowest BCUT2D eigenvalue weighted by Gasteiger charge is -2.16. The van der Waals surface area contributed by atoms with Gasteiger partial charge in [-0.2, -0.15) is 0 Å². The van der Waals surface area contributed by atoms with E-state index in [2.05, 4.69) is 15.3 Å². The first-order valence-corrected chi connectivity index (χ1v) is 10.5. The SMILES string of the molecule is CC(=O)c1cccc(NC(=O)C(Sc2nc3ccc(C)cc3[nH]2)c2ccccc2)c1.